The van der Waals surface area contributed by atoms with Crippen LogP contribution in [0.2, 0.25) is 0 Å². The van der Waals surface area contributed by atoms with E-state index in [0.717, 1.165) is 51.4 Å². The third-order valence-corrected chi connectivity index (χ3v) is 5.96. The molecule has 0 saturated carbocycles. The van der Waals surface area contributed by atoms with Crippen LogP contribution in [0.4, 0.5) is 4.79 Å². The van der Waals surface area contributed by atoms with Crippen LogP contribution in [0.25, 0.3) is 0 Å². The van der Waals surface area contributed by atoms with Gasteiger partial charge in [0.1, 0.15) is 5.54 Å². The molecule has 1 atom stereocenters. The second kappa shape index (κ2) is 8.84. The van der Waals surface area contributed by atoms with Gasteiger partial charge in [0.15, 0.2) is 5.96 Å². The minimum Gasteiger partial charge on any atom is -0.357 e. The molecule has 0 bridgehead atoms. The maximum absolute atomic E-state index is 12.2. The molecule has 3 N–H and O–H groups in total. The highest BCUT2D eigenvalue weighted by molar-refractivity contribution is 6.07. The van der Waals surface area contributed by atoms with Crippen molar-refractivity contribution >= 4 is 17.9 Å². The van der Waals surface area contributed by atoms with E-state index in [4.69, 9.17) is 4.99 Å². The first kappa shape index (κ1) is 21.1. The van der Waals surface area contributed by atoms with E-state index in [1.165, 1.54) is 16.7 Å². The summed E-state index contributed by atoms with van der Waals surface area (Å²) in [6, 6.07) is 6.25. The van der Waals surface area contributed by atoms with E-state index in [-0.39, 0.29) is 17.9 Å². The van der Waals surface area contributed by atoms with E-state index in [9.17, 15) is 9.59 Å². The van der Waals surface area contributed by atoms with Crippen LogP contribution in [0.1, 0.15) is 43.4 Å². The minimum atomic E-state index is -0.804. The van der Waals surface area contributed by atoms with Crippen molar-refractivity contribution < 1.29 is 9.59 Å². The molecule has 2 heterocycles. The van der Waals surface area contributed by atoms with Crippen molar-refractivity contribution in [1.82, 2.24) is 20.9 Å². The number of benzene rings is 1. The Hall–Kier alpha value is -2.57. The van der Waals surface area contributed by atoms with Crippen molar-refractivity contribution in [1.29, 1.82) is 0 Å². The zero-order chi connectivity index (χ0) is 21.0. The Balaban J connectivity index is 1.59. The van der Waals surface area contributed by atoms with Crippen LogP contribution in [-0.2, 0) is 11.2 Å². The summed E-state index contributed by atoms with van der Waals surface area (Å²) in [7, 11) is 0. The van der Waals surface area contributed by atoms with Gasteiger partial charge >= 0.3 is 6.03 Å². The number of urea groups is 1. The van der Waals surface area contributed by atoms with Gasteiger partial charge in [-0.1, -0.05) is 29.3 Å². The molecule has 29 heavy (non-hydrogen) atoms. The summed E-state index contributed by atoms with van der Waals surface area (Å²) in [4.78, 5) is 30.9. The number of carbonyl (C=O) groups is 2. The van der Waals surface area contributed by atoms with Crippen molar-refractivity contribution in [2.75, 3.05) is 26.2 Å². The Morgan fingerprint density at radius 2 is 1.86 bits per heavy atom. The molecule has 1 aromatic rings. The number of hydrogen-bond donors (Lipinski definition) is 3. The zero-order valence-corrected chi connectivity index (χ0v) is 18.0. The number of carbonyl (C=O) groups excluding carboxylic acids is 2. The van der Waals surface area contributed by atoms with Crippen molar-refractivity contribution in [3.8, 4) is 0 Å². The van der Waals surface area contributed by atoms with Gasteiger partial charge in [-0.3, -0.25) is 15.1 Å². The first-order chi connectivity index (χ1) is 13.8. The molecule has 158 valence electrons. The van der Waals surface area contributed by atoms with Crippen molar-refractivity contribution in [2.45, 2.75) is 52.5 Å². The third-order valence-electron chi connectivity index (χ3n) is 5.96. The lowest BCUT2D eigenvalue weighted by molar-refractivity contribution is -0.125. The van der Waals surface area contributed by atoms with Crippen molar-refractivity contribution in [3.63, 3.8) is 0 Å². The van der Waals surface area contributed by atoms with Crippen LogP contribution in [0.3, 0.4) is 0 Å². The second-order valence-corrected chi connectivity index (χ2v) is 8.35. The number of hydrogen-bond acceptors (Lipinski definition) is 3. The normalized spacial score (nSPS) is 23.2. The van der Waals surface area contributed by atoms with Gasteiger partial charge < -0.3 is 15.5 Å². The van der Waals surface area contributed by atoms with Crippen LogP contribution >= 0.6 is 0 Å². The first-order valence-electron chi connectivity index (χ1n) is 10.6. The van der Waals surface area contributed by atoms with E-state index < -0.39 is 5.54 Å². The molecule has 0 aromatic heterocycles. The van der Waals surface area contributed by atoms with Crippen LogP contribution in [0, 0.1) is 19.8 Å². The highest BCUT2D eigenvalue weighted by atomic mass is 16.2. The second-order valence-electron chi connectivity index (χ2n) is 8.35. The number of nitrogens with zero attached hydrogens (tertiary/aromatic N) is 2. The smallest absolute Gasteiger partial charge is 0.322 e. The average Bonchev–Trinajstić information content (AvgIpc) is 2.93. The minimum absolute atomic E-state index is 0.128. The number of rotatable bonds is 5. The lowest BCUT2D eigenvalue weighted by atomic mass is 9.79. The van der Waals surface area contributed by atoms with Gasteiger partial charge in [-0.25, -0.2) is 4.79 Å². The fourth-order valence-corrected chi connectivity index (χ4v) is 4.44. The first-order valence-corrected chi connectivity index (χ1v) is 10.6. The molecule has 3 amide bonds. The fraction of sp³-hybridized carbons (Fsp3) is 0.591. The molecule has 0 spiro atoms. The van der Waals surface area contributed by atoms with Crippen LogP contribution in [0.15, 0.2) is 23.2 Å². The lowest BCUT2D eigenvalue weighted by Crippen LogP contribution is -2.55. The summed E-state index contributed by atoms with van der Waals surface area (Å²) >= 11 is 0. The summed E-state index contributed by atoms with van der Waals surface area (Å²) in [5.74, 6) is 0.846. The van der Waals surface area contributed by atoms with Crippen molar-refractivity contribution in [2.24, 2.45) is 10.9 Å². The van der Waals surface area contributed by atoms with Gasteiger partial charge in [-0.05, 0) is 58.4 Å². The molecule has 2 aliphatic heterocycles. The number of likely N-dealkylation sites (tertiary alicyclic amines) is 1. The molecule has 0 aliphatic carbocycles. The molecule has 1 aromatic carbocycles. The molecule has 2 saturated heterocycles. The molecule has 2 aliphatic rings. The molecular weight excluding hydrogens is 366 g/mol. The Bertz CT molecular complexity index is 778. The van der Waals surface area contributed by atoms with Crippen LogP contribution < -0.4 is 16.0 Å². The maximum Gasteiger partial charge on any atom is 0.322 e. The number of nitrogens with one attached hydrogen (secondary N) is 3. The SMILES string of the molecule is CCNC(=NCCc1cc(C)cc(C)c1)N1CCC(C2(C)NC(=O)NC2=O)CC1. The van der Waals surface area contributed by atoms with Gasteiger partial charge in [0.25, 0.3) is 5.91 Å². The van der Waals surface area contributed by atoms with Gasteiger partial charge in [0.2, 0.25) is 0 Å². The Kier molecular flexibility index (Phi) is 6.45. The number of imide groups is 1. The van der Waals surface area contributed by atoms with E-state index in [1.54, 1.807) is 0 Å². The molecule has 0 radical (unpaired) electrons. The van der Waals surface area contributed by atoms with E-state index in [1.807, 2.05) is 6.92 Å². The quantitative estimate of drug-likeness (QED) is 0.402. The zero-order valence-electron chi connectivity index (χ0n) is 18.0. The van der Waals surface area contributed by atoms with Crippen LogP contribution in [-0.4, -0.2) is 54.5 Å². The summed E-state index contributed by atoms with van der Waals surface area (Å²) in [5, 5.41) is 8.59. The number of amides is 3. The largest absolute Gasteiger partial charge is 0.357 e. The van der Waals surface area contributed by atoms with Crippen molar-refractivity contribution in [3.05, 3.63) is 34.9 Å². The standard InChI is InChI=1S/C22H33N5O2/c1-5-23-20(24-9-6-17-13-15(2)12-16(3)14-17)27-10-7-18(8-11-27)22(4)19(28)25-21(29)26-22/h12-14,18H,5-11H2,1-4H3,(H,23,24)(H2,25,26,28,29). The van der Waals surface area contributed by atoms with Gasteiger partial charge in [-0.15, -0.1) is 0 Å². The Morgan fingerprint density at radius 3 is 2.41 bits per heavy atom. The summed E-state index contributed by atoms with van der Waals surface area (Å²) in [6.07, 6.45) is 2.59. The highest BCUT2D eigenvalue weighted by Gasteiger charge is 2.48. The highest BCUT2D eigenvalue weighted by Crippen LogP contribution is 2.30. The molecule has 2 fully saturated rings. The molecule has 7 heteroatoms. The maximum atomic E-state index is 12.2. The number of aliphatic imine (C=N–C) groups is 1. The third kappa shape index (κ3) is 4.89. The van der Waals surface area contributed by atoms with Gasteiger partial charge in [-0.2, -0.15) is 0 Å². The summed E-state index contributed by atoms with van der Waals surface area (Å²) in [6.45, 7) is 11.3. The topological polar surface area (TPSA) is 85.8 Å². The van der Waals surface area contributed by atoms with Gasteiger partial charge in [0.05, 0.1) is 0 Å². The van der Waals surface area contributed by atoms with Crippen LogP contribution in [0.5, 0.6) is 0 Å². The predicted molar refractivity (Wildman–Crippen MR) is 115 cm³/mol. The van der Waals surface area contributed by atoms with E-state index in [0.29, 0.717) is 0 Å². The van der Waals surface area contributed by atoms with Gasteiger partial charge in [0, 0.05) is 26.2 Å². The number of aryl methyl sites for hydroxylation is 2. The molecule has 7 nitrogen and oxygen atoms in total. The fourth-order valence-electron chi connectivity index (χ4n) is 4.44. The number of piperidine rings is 1. The van der Waals surface area contributed by atoms with E-state index >= 15 is 0 Å². The Labute approximate surface area is 173 Å². The van der Waals surface area contributed by atoms with E-state index in [2.05, 4.69) is 59.8 Å². The molecule has 3 rings (SSSR count). The monoisotopic (exact) mass is 399 g/mol. The lowest BCUT2D eigenvalue weighted by Gasteiger charge is -2.39. The molecular formula is C22H33N5O2. The predicted octanol–water partition coefficient (Wildman–Crippen LogP) is 2.12. The Morgan fingerprint density at radius 1 is 1.21 bits per heavy atom. The summed E-state index contributed by atoms with van der Waals surface area (Å²) in [5.41, 5.74) is 3.09. The molecule has 1 unspecified atom stereocenters. The number of guanidine groups is 1. The summed E-state index contributed by atoms with van der Waals surface area (Å²) < 4.78 is 0. The average molecular weight is 400 g/mol.